The van der Waals surface area contributed by atoms with Crippen LogP contribution in [0.1, 0.15) is 17.3 Å². The van der Waals surface area contributed by atoms with Crippen LogP contribution in [-0.4, -0.2) is 40.2 Å². The summed E-state index contributed by atoms with van der Waals surface area (Å²) in [6, 6.07) is 7.48. The Kier molecular flexibility index (Phi) is 4.50. The van der Waals surface area contributed by atoms with E-state index in [1.165, 1.54) is 0 Å². The summed E-state index contributed by atoms with van der Waals surface area (Å²) in [4.78, 5) is 15.4. The van der Waals surface area contributed by atoms with Crippen LogP contribution in [0, 0.1) is 0 Å². The minimum atomic E-state index is -0.118. The number of aromatic nitrogens is 1. The van der Waals surface area contributed by atoms with E-state index in [2.05, 4.69) is 10.3 Å². The van der Waals surface area contributed by atoms with Crippen molar-refractivity contribution in [3.05, 3.63) is 36.0 Å². The fraction of sp³-hybridized carbons (Fsp3) is 0.357. The van der Waals surface area contributed by atoms with Crippen molar-refractivity contribution in [1.82, 2.24) is 10.3 Å². The Morgan fingerprint density at radius 2 is 2.26 bits per heavy atom. The summed E-state index contributed by atoms with van der Waals surface area (Å²) in [7, 11) is 0. The second-order valence-corrected chi connectivity index (χ2v) is 5.54. The normalized spacial score (nSPS) is 14.3. The number of hydrogen-bond acceptors (Lipinski definition) is 3. The summed E-state index contributed by atoms with van der Waals surface area (Å²) < 4.78 is 0. The van der Waals surface area contributed by atoms with Crippen LogP contribution in [0.4, 0.5) is 0 Å². The molecule has 0 aliphatic carbocycles. The van der Waals surface area contributed by atoms with E-state index in [0.717, 1.165) is 10.9 Å². The third-order valence-electron chi connectivity index (χ3n) is 3.23. The van der Waals surface area contributed by atoms with Gasteiger partial charge in [-0.2, -0.15) is 11.8 Å². The number of hydrogen-bond donors (Lipinski definition) is 3. The minimum absolute atomic E-state index is 0.00629. The number of carbonyl (C=O) groups is 1. The fourth-order valence-electron chi connectivity index (χ4n) is 2.09. The van der Waals surface area contributed by atoms with Crippen LogP contribution in [0.25, 0.3) is 10.9 Å². The van der Waals surface area contributed by atoms with Gasteiger partial charge in [-0.3, -0.25) is 4.79 Å². The highest BCUT2D eigenvalue weighted by molar-refractivity contribution is 7.99. The Bertz CT molecular complexity index is 563. The summed E-state index contributed by atoms with van der Waals surface area (Å²) in [5.41, 5.74) is 1.48. The van der Waals surface area contributed by atoms with E-state index >= 15 is 0 Å². The highest BCUT2D eigenvalue weighted by atomic mass is 32.2. The first kappa shape index (κ1) is 14.0. The third kappa shape index (κ3) is 2.93. The van der Waals surface area contributed by atoms with E-state index in [1.54, 1.807) is 17.8 Å². The second kappa shape index (κ2) is 6.12. The van der Waals surface area contributed by atoms with Crippen LogP contribution in [-0.2, 0) is 0 Å². The summed E-state index contributed by atoms with van der Waals surface area (Å²) in [5, 5.41) is 13.2. The summed E-state index contributed by atoms with van der Waals surface area (Å²) in [6.45, 7) is 1.96. The van der Waals surface area contributed by atoms with Gasteiger partial charge in [-0.25, -0.2) is 0 Å². The van der Waals surface area contributed by atoms with Crippen molar-refractivity contribution in [3.63, 3.8) is 0 Å². The molecule has 0 fully saturated rings. The number of aromatic amines is 1. The van der Waals surface area contributed by atoms with E-state index in [-0.39, 0.29) is 23.8 Å². The van der Waals surface area contributed by atoms with E-state index in [4.69, 9.17) is 0 Å². The Hall–Kier alpha value is -1.46. The lowest BCUT2D eigenvalue weighted by atomic mass is 10.1. The van der Waals surface area contributed by atoms with Crippen molar-refractivity contribution in [1.29, 1.82) is 0 Å². The predicted molar refractivity (Wildman–Crippen MR) is 79.6 cm³/mol. The van der Waals surface area contributed by atoms with Gasteiger partial charge in [0.1, 0.15) is 0 Å². The standard InChI is InChI=1S/C14H18N2O2S/c1-9(12(8-17)19-2)16-14(18)11-5-3-4-10-6-7-15-13(10)11/h3-7,9,12,15,17H,8H2,1-2H3,(H,16,18)/t9-,12+/m0/s1. The summed E-state index contributed by atoms with van der Waals surface area (Å²) in [5.74, 6) is -0.118. The van der Waals surface area contributed by atoms with E-state index in [1.807, 2.05) is 37.6 Å². The molecule has 1 aromatic heterocycles. The SMILES string of the molecule is CS[C@H](CO)[C@H](C)NC(=O)c1cccc2cc[nH]c12. The molecule has 0 saturated heterocycles. The van der Waals surface area contributed by atoms with Crippen molar-refractivity contribution in [2.45, 2.75) is 18.2 Å². The maximum atomic E-state index is 12.3. The van der Waals surface area contributed by atoms with Crippen molar-refractivity contribution >= 4 is 28.6 Å². The van der Waals surface area contributed by atoms with Crippen LogP contribution in [0.5, 0.6) is 0 Å². The van der Waals surface area contributed by atoms with Gasteiger partial charge >= 0.3 is 0 Å². The Labute approximate surface area is 116 Å². The molecule has 2 rings (SSSR count). The third-order valence-corrected chi connectivity index (χ3v) is 4.39. The molecule has 102 valence electrons. The number of H-pyrrole nitrogens is 1. The maximum absolute atomic E-state index is 12.3. The maximum Gasteiger partial charge on any atom is 0.253 e. The monoisotopic (exact) mass is 278 g/mol. The van der Waals surface area contributed by atoms with Gasteiger partial charge in [0.05, 0.1) is 17.7 Å². The van der Waals surface area contributed by atoms with Crippen LogP contribution in [0.3, 0.4) is 0 Å². The van der Waals surface area contributed by atoms with Gasteiger partial charge in [-0.15, -0.1) is 0 Å². The number of thioether (sulfide) groups is 1. The molecule has 1 aromatic carbocycles. The zero-order chi connectivity index (χ0) is 13.8. The number of aliphatic hydroxyl groups excluding tert-OH is 1. The van der Waals surface area contributed by atoms with Gasteiger partial charge in [-0.05, 0) is 25.3 Å². The average molecular weight is 278 g/mol. The lowest BCUT2D eigenvalue weighted by Crippen LogP contribution is -2.41. The molecule has 5 heteroatoms. The molecule has 2 atom stereocenters. The average Bonchev–Trinajstić information content (AvgIpc) is 2.87. The second-order valence-electron chi connectivity index (χ2n) is 4.47. The smallest absolute Gasteiger partial charge is 0.253 e. The molecular weight excluding hydrogens is 260 g/mol. The summed E-state index contributed by atoms with van der Waals surface area (Å²) in [6.07, 6.45) is 3.75. The quantitative estimate of drug-likeness (QED) is 0.784. The van der Waals surface area contributed by atoms with E-state index in [9.17, 15) is 9.90 Å². The molecule has 19 heavy (non-hydrogen) atoms. The molecule has 0 unspecified atom stereocenters. The molecule has 4 nitrogen and oxygen atoms in total. The highest BCUT2D eigenvalue weighted by Gasteiger charge is 2.19. The van der Waals surface area contributed by atoms with Crippen molar-refractivity contribution < 1.29 is 9.90 Å². The zero-order valence-corrected chi connectivity index (χ0v) is 11.8. The van der Waals surface area contributed by atoms with E-state index < -0.39 is 0 Å². The van der Waals surface area contributed by atoms with E-state index in [0.29, 0.717) is 5.56 Å². The lowest BCUT2D eigenvalue weighted by Gasteiger charge is -2.21. The van der Waals surface area contributed by atoms with Gasteiger partial charge in [0.15, 0.2) is 0 Å². The van der Waals surface area contributed by atoms with Gasteiger partial charge in [0.2, 0.25) is 0 Å². The molecular formula is C14H18N2O2S. The number of nitrogens with one attached hydrogen (secondary N) is 2. The number of carbonyl (C=O) groups excluding carboxylic acids is 1. The Morgan fingerprint density at radius 1 is 1.47 bits per heavy atom. The first-order chi connectivity index (χ1) is 9.17. The molecule has 2 aromatic rings. The molecule has 0 radical (unpaired) electrons. The number of fused-ring (bicyclic) bond motifs is 1. The molecule has 1 amide bonds. The van der Waals surface area contributed by atoms with Crippen molar-refractivity contribution in [2.75, 3.05) is 12.9 Å². The van der Waals surface area contributed by atoms with Gasteiger partial charge < -0.3 is 15.4 Å². The molecule has 0 bridgehead atoms. The fourth-order valence-corrected chi connectivity index (χ4v) is 2.71. The molecule has 0 saturated carbocycles. The number of amides is 1. The molecule has 0 aliphatic rings. The number of para-hydroxylation sites is 1. The Morgan fingerprint density at radius 3 is 2.95 bits per heavy atom. The lowest BCUT2D eigenvalue weighted by molar-refractivity contribution is 0.0937. The summed E-state index contributed by atoms with van der Waals surface area (Å²) >= 11 is 1.55. The number of benzene rings is 1. The molecule has 0 spiro atoms. The first-order valence-corrected chi connectivity index (χ1v) is 7.46. The van der Waals surface area contributed by atoms with Gasteiger partial charge in [0, 0.05) is 22.9 Å². The largest absolute Gasteiger partial charge is 0.395 e. The van der Waals surface area contributed by atoms with Crippen LogP contribution in [0.2, 0.25) is 0 Å². The van der Waals surface area contributed by atoms with Crippen LogP contribution < -0.4 is 5.32 Å². The van der Waals surface area contributed by atoms with Crippen molar-refractivity contribution in [3.8, 4) is 0 Å². The topological polar surface area (TPSA) is 65.1 Å². The number of aliphatic hydroxyl groups is 1. The van der Waals surface area contributed by atoms with Crippen molar-refractivity contribution in [2.24, 2.45) is 0 Å². The molecule has 1 heterocycles. The molecule has 3 N–H and O–H groups in total. The molecule has 0 aliphatic heterocycles. The van der Waals surface area contributed by atoms with Crippen LogP contribution in [0.15, 0.2) is 30.5 Å². The zero-order valence-electron chi connectivity index (χ0n) is 11.0. The van der Waals surface area contributed by atoms with Crippen LogP contribution >= 0.6 is 11.8 Å². The Balaban J connectivity index is 2.18. The first-order valence-electron chi connectivity index (χ1n) is 6.18. The van der Waals surface area contributed by atoms with Gasteiger partial charge in [0.25, 0.3) is 5.91 Å². The minimum Gasteiger partial charge on any atom is -0.395 e. The number of rotatable bonds is 5. The predicted octanol–water partition coefficient (Wildman–Crippen LogP) is 2.01. The van der Waals surface area contributed by atoms with Gasteiger partial charge in [-0.1, -0.05) is 12.1 Å². The highest BCUT2D eigenvalue weighted by Crippen LogP contribution is 2.17.